The van der Waals surface area contributed by atoms with Gasteiger partial charge in [0.05, 0.1) is 7.11 Å². The molecule has 0 radical (unpaired) electrons. The standard InChI is InChI=1S/C13H13ClO2/c1-4-12(9(2)13(15)16-3)10-5-7-11(14)8-6-10/h4-8,12H,1-2H2,3H3/t12-/m1/s1. The van der Waals surface area contributed by atoms with E-state index in [1.54, 1.807) is 18.2 Å². The zero-order chi connectivity index (χ0) is 12.1. The van der Waals surface area contributed by atoms with Crippen LogP contribution in [-0.4, -0.2) is 13.1 Å². The summed E-state index contributed by atoms with van der Waals surface area (Å²) < 4.78 is 4.63. The van der Waals surface area contributed by atoms with Gasteiger partial charge in [0, 0.05) is 16.5 Å². The van der Waals surface area contributed by atoms with E-state index < -0.39 is 5.97 Å². The molecule has 0 unspecified atom stereocenters. The van der Waals surface area contributed by atoms with Gasteiger partial charge in [-0.1, -0.05) is 36.4 Å². The fraction of sp³-hybridized carbons (Fsp3) is 0.154. The van der Waals surface area contributed by atoms with Gasteiger partial charge in [0.15, 0.2) is 0 Å². The first-order valence-corrected chi connectivity index (χ1v) is 5.13. The molecule has 3 heteroatoms. The molecule has 0 N–H and O–H groups in total. The normalized spacial score (nSPS) is 11.6. The van der Waals surface area contributed by atoms with Crippen molar-refractivity contribution in [3.05, 3.63) is 59.7 Å². The summed E-state index contributed by atoms with van der Waals surface area (Å²) >= 11 is 5.79. The Kier molecular flexibility index (Phi) is 4.32. The second-order valence-corrected chi connectivity index (χ2v) is 3.72. The number of carbonyl (C=O) groups excluding carboxylic acids is 1. The summed E-state index contributed by atoms with van der Waals surface area (Å²) in [5, 5.41) is 0.648. The van der Waals surface area contributed by atoms with Crippen LogP contribution in [0.15, 0.2) is 49.1 Å². The molecule has 1 aromatic carbocycles. The van der Waals surface area contributed by atoms with Gasteiger partial charge in [-0.2, -0.15) is 0 Å². The molecule has 0 bridgehead atoms. The van der Waals surface area contributed by atoms with Gasteiger partial charge in [-0.3, -0.25) is 0 Å². The first-order chi connectivity index (χ1) is 7.60. The number of hydrogen-bond acceptors (Lipinski definition) is 2. The molecule has 0 saturated carbocycles. The Morgan fingerprint density at radius 2 is 2.00 bits per heavy atom. The molecule has 0 saturated heterocycles. The van der Waals surface area contributed by atoms with E-state index in [1.807, 2.05) is 12.1 Å². The van der Waals surface area contributed by atoms with Gasteiger partial charge in [-0.05, 0) is 17.7 Å². The highest BCUT2D eigenvalue weighted by atomic mass is 35.5. The summed E-state index contributed by atoms with van der Waals surface area (Å²) in [6, 6.07) is 7.20. The monoisotopic (exact) mass is 236 g/mol. The summed E-state index contributed by atoms with van der Waals surface area (Å²) in [5.41, 5.74) is 1.27. The lowest BCUT2D eigenvalue weighted by Gasteiger charge is -2.14. The molecule has 0 amide bonds. The van der Waals surface area contributed by atoms with Crippen LogP contribution in [0, 0.1) is 0 Å². The molecule has 0 spiro atoms. The van der Waals surface area contributed by atoms with Crippen LogP contribution in [0.4, 0.5) is 0 Å². The second kappa shape index (κ2) is 5.52. The summed E-state index contributed by atoms with van der Waals surface area (Å²) in [7, 11) is 1.33. The SMILES string of the molecule is C=C[C@H](C(=C)C(=O)OC)c1ccc(Cl)cc1. The lowest BCUT2D eigenvalue weighted by Crippen LogP contribution is -2.10. The summed E-state index contributed by atoms with van der Waals surface area (Å²) in [4.78, 5) is 11.4. The van der Waals surface area contributed by atoms with Gasteiger partial charge in [0.1, 0.15) is 0 Å². The van der Waals surface area contributed by atoms with Crippen LogP contribution in [0.3, 0.4) is 0 Å². The van der Waals surface area contributed by atoms with Crippen molar-refractivity contribution < 1.29 is 9.53 Å². The third kappa shape index (κ3) is 2.74. The second-order valence-electron chi connectivity index (χ2n) is 3.28. The van der Waals surface area contributed by atoms with Crippen LogP contribution < -0.4 is 0 Å². The number of allylic oxidation sites excluding steroid dienone is 1. The Morgan fingerprint density at radius 3 is 2.44 bits per heavy atom. The van der Waals surface area contributed by atoms with Crippen molar-refractivity contribution in [1.29, 1.82) is 0 Å². The fourth-order valence-electron chi connectivity index (χ4n) is 1.41. The molecule has 0 heterocycles. The quantitative estimate of drug-likeness (QED) is 0.455. The van der Waals surface area contributed by atoms with Crippen LogP contribution in [-0.2, 0) is 9.53 Å². The van der Waals surface area contributed by atoms with Crippen molar-refractivity contribution in [2.24, 2.45) is 0 Å². The molecule has 1 atom stereocenters. The number of methoxy groups -OCH3 is 1. The zero-order valence-corrected chi connectivity index (χ0v) is 9.83. The lowest BCUT2D eigenvalue weighted by atomic mass is 9.92. The number of carbonyl (C=O) groups is 1. The molecule has 84 valence electrons. The Morgan fingerprint density at radius 1 is 1.44 bits per heavy atom. The number of esters is 1. The maximum Gasteiger partial charge on any atom is 0.334 e. The van der Waals surface area contributed by atoms with E-state index in [4.69, 9.17) is 11.6 Å². The lowest BCUT2D eigenvalue weighted by molar-refractivity contribution is -0.136. The largest absolute Gasteiger partial charge is 0.466 e. The predicted molar refractivity (Wildman–Crippen MR) is 65.5 cm³/mol. The zero-order valence-electron chi connectivity index (χ0n) is 9.07. The highest BCUT2D eigenvalue weighted by Gasteiger charge is 2.18. The van der Waals surface area contributed by atoms with Crippen LogP contribution in [0.5, 0.6) is 0 Å². The highest BCUT2D eigenvalue weighted by Crippen LogP contribution is 2.26. The minimum atomic E-state index is -0.431. The smallest absolute Gasteiger partial charge is 0.334 e. The topological polar surface area (TPSA) is 26.3 Å². The molecule has 16 heavy (non-hydrogen) atoms. The van der Waals surface area contributed by atoms with Crippen molar-refractivity contribution >= 4 is 17.6 Å². The van der Waals surface area contributed by atoms with Gasteiger partial charge >= 0.3 is 5.97 Å². The average Bonchev–Trinajstić information content (AvgIpc) is 2.31. The number of hydrogen-bond donors (Lipinski definition) is 0. The Bertz CT molecular complexity index is 406. The fourth-order valence-corrected chi connectivity index (χ4v) is 1.53. The third-order valence-electron chi connectivity index (χ3n) is 2.29. The first-order valence-electron chi connectivity index (χ1n) is 4.75. The van der Waals surface area contributed by atoms with Crippen LogP contribution in [0.25, 0.3) is 0 Å². The van der Waals surface area contributed by atoms with E-state index in [1.165, 1.54) is 7.11 Å². The van der Waals surface area contributed by atoms with Crippen LogP contribution in [0.2, 0.25) is 5.02 Å². The van der Waals surface area contributed by atoms with Gasteiger partial charge in [0.2, 0.25) is 0 Å². The van der Waals surface area contributed by atoms with Crippen molar-refractivity contribution in [3.63, 3.8) is 0 Å². The van der Waals surface area contributed by atoms with Gasteiger partial charge < -0.3 is 4.74 Å². The molecule has 0 fully saturated rings. The van der Waals surface area contributed by atoms with Gasteiger partial charge in [-0.15, -0.1) is 6.58 Å². The molecule has 0 aliphatic carbocycles. The van der Waals surface area contributed by atoms with E-state index >= 15 is 0 Å². The van der Waals surface area contributed by atoms with E-state index in [9.17, 15) is 4.79 Å². The maximum atomic E-state index is 11.4. The van der Waals surface area contributed by atoms with Gasteiger partial charge in [0.25, 0.3) is 0 Å². The predicted octanol–water partition coefficient (Wildman–Crippen LogP) is 3.34. The molecule has 0 aliphatic heterocycles. The minimum absolute atomic E-state index is 0.246. The molecule has 0 aliphatic rings. The minimum Gasteiger partial charge on any atom is -0.466 e. The molecular weight excluding hydrogens is 224 g/mol. The molecule has 1 aromatic rings. The van der Waals surface area contributed by atoms with Crippen molar-refractivity contribution in [3.8, 4) is 0 Å². The average molecular weight is 237 g/mol. The van der Waals surface area contributed by atoms with Crippen LogP contribution in [0.1, 0.15) is 11.5 Å². The van der Waals surface area contributed by atoms with Gasteiger partial charge in [-0.25, -0.2) is 4.79 Å². The van der Waals surface area contributed by atoms with Crippen LogP contribution >= 0.6 is 11.6 Å². The van der Waals surface area contributed by atoms with Crippen molar-refractivity contribution in [2.75, 3.05) is 7.11 Å². The van der Waals surface area contributed by atoms with E-state index in [0.29, 0.717) is 10.6 Å². The van der Waals surface area contributed by atoms with Crippen molar-refractivity contribution in [2.45, 2.75) is 5.92 Å². The Hall–Kier alpha value is -1.54. The molecule has 2 nitrogen and oxygen atoms in total. The van der Waals surface area contributed by atoms with E-state index in [2.05, 4.69) is 17.9 Å². The third-order valence-corrected chi connectivity index (χ3v) is 2.54. The van der Waals surface area contributed by atoms with E-state index in [-0.39, 0.29) is 5.92 Å². The summed E-state index contributed by atoms with van der Waals surface area (Å²) in [5.74, 6) is -0.676. The summed E-state index contributed by atoms with van der Waals surface area (Å²) in [6.45, 7) is 7.41. The first kappa shape index (κ1) is 12.5. The number of benzene rings is 1. The Balaban J connectivity index is 2.99. The molecule has 0 aromatic heterocycles. The Labute approximate surface area is 100 Å². The number of halogens is 1. The maximum absolute atomic E-state index is 11.4. The summed E-state index contributed by atoms with van der Waals surface area (Å²) in [6.07, 6.45) is 1.66. The van der Waals surface area contributed by atoms with Crippen molar-refractivity contribution in [1.82, 2.24) is 0 Å². The van der Waals surface area contributed by atoms with E-state index in [0.717, 1.165) is 5.56 Å². The number of ether oxygens (including phenoxy) is 1. The number of rotatable bonds is 4. The highest BCUT2D eigenvalue weighted by molar-refractivity contribution is 6.30. The molecule has 1 rings (SSSR count). The molecular formula is C13H13ClO2.